The molecule has 0 heterocycles. The minimum absolute atomic E-state index is 0.127. The van der Waals surface area contributed by atoms with Crippen LogP contribution < -0.4 is 5.32 Å². The molecule has 1 atom stereocenters. The second-order valence-corrected chi connectivity index (χ2v) is 4.90. The zero-order chi connectivity index (χ0) is 18.1. The first-order valence-electron chi connectivity index (χ1n) is 7.21. The van der Waals surface area contributed by atoms with Crippen LogP contribution in [0.4, 0.5) is 0 Å². The Morgan fingerprint density at radius 1 is 1.04 bits per heavy atom. The second-order valence-electron chi connectivity index (χ2n) is 4.90. The summed E-state index contributed by atoms with van der Waals surface area (Å²) in [5.41, 5.74) is 1.45. The lowest BCUT2D eigenvalue weighted by Crippen LogP contribution is -2.37. The molecule has 0 amide bonds. The van der Waals surface area contributed by atoms with Crippen LogP contribution >= 0.6 is 0 Å². The van der Waals surface area contributed by atoms with Crippen molar-refractivity contribution in [1.82, 2.24) is 5.32 Å². The van der Waals surface area contributed by atoms with Crippen molar-refractivity contribution in [2.45, 2.75) is 13.0 Å². The number of carbonyl (C=O) groups is 3. The van der Waals surface area contributed by atoms with Crippen molar-refractivity contribution in [3.8, 4) is 0 Å². The number of benzene rings is 1. The third-order valence-electron chi connectivity index (χ3n) is 3.27. The molecule has 24 heavy (non-hydrogen) atoms. The van der Waals surface area contributed by atoms with Crippen molar-refractivity contribution in [2.24, 2.45) is 0 Å². The van der Waals surface area contributed by atoms with Gasteiger partial charge in [-0.25, -0.2) is 9.59 Å². The van der Waals surface area contributed by atoms with Crippen LogP contribution in [0.3, 0.4) is 0 Å². The van der Waals surface area contributed by atoms with Gasteiger partial charge in [-0.1, -0.05) is 12.1 Å². The molecular formula is C17H21NO6. The summed E-state index contributed by atoms with van der Waals surface area (Å²) >= 11 is 0. The average molecular weight is 335 g/mol. The molecule has 1 aromatic rings. The smallest absolute Gasteiger partial charge is 0.337 e. The molecule has 0 spiro atoms. The first kappa shape index (κ1) is 19.4. The van der Waals surface area contributed by atoms with Gasteiger partial charge in [0.15, 0.2) is 0 Å². The van der Waals surface area contributed by atoms with Crippen molar-refractivity contribution in [3.05, 3.63) is 41.0 Å². The maximum Gasteiger partial charge on any atom is 0.337 e. The largest absolute Gasteiger partial charge is 0.468 e. The van der Waals surface area contributed by atoms with E-state index in [1.54, 1.807) is 37.3 Å². The summed E-state index contributed by atoms with van der Waals surface area (Å²) in [4.78, 5) is 34.7. The zero-order valence-electron chi connectivity index (χ0n) is 14.1. The highest BCUT2D eigenvalue weighted by molar-refractivity contribution is 5.94. The van der Waals surface area contributed by atoms with E-state index >= 15 is 0 Å². The minimum atomic E-state index is -0.565. The summed E-state index contributed by atoms with van der Waals surface area (Å²) in [7, 11) is 3.88. The molecule has 130 valence electrons. The number of ether oxygens (including phenoxy) is 3. The molecule has 0 bridgehead atoms. The van der Waals surface area contributed by atoms with E-state index in [2.05, 4.69) is 14.8 Å². The first-order valence-corrected chi connectivity index (χ1v) is 7.21. The summed E-state index contributed by atoms with van der Waals surface area (Å²) in [5, 5.41) is 2.89. The normalized spacial score (nSPS) is 12.2. The third kappa shape index (κ3) is 5.51. The van der Waals surface area contributed by atoms with Crippen LogP contribution in [-0.2, 0) is 23.8 Å². The fourth-order valence-electron chi connectivity index (χ4n) is 1.87. The molecular weight excluding hydrogens is 314 g/mol. The lowest BCUT2D eigenvalue weighted by molar-refractivity contribution is -0.143. The van der Waals surface area contributed by atoms with Gasteiger partial charge in [0, 0.05) is 6.54 Å². The van der Waals surface area contributed by atoms with Gasteiger partial charge in [-0.15, -0.1) is 0 Å². The second kappa shape index (κ2) is 9.46. The highest BCUT2D eigenvalue weighted by Crippen LogP contribution is 2.11. The van der Waals surface area contributed by atoms with Gasteiger partial charge in [-0.2, -0.15) is 0 Å². The van der Waals surface area contributed by atoms with E-state index in [-0.39, 0.29) is 6.54 Å². The zero-order valence-corrected chi connectivity index (χ0v) is 14.1. The summed E-state index contributed by atoms with van der Waals surface area (Å²) in [6, 6.07) is 5.98. The monoisotopic (exact) mass is 335 g/mol. The van der Waals surface area contributed by atoms with E-state index in [0.717, 1.165) is 0 Å². The van der Waals surface area contributed by atoms with Gasteiger partial charge >= 0.3 is 17.9 Å². The lowest BCUT2D eigenvalue weighted by atomic mass is 10.1. The Bertz CT molecular complexity index is 620. The Hall–Kier alpha value is -2.67. The van der Waals surface area contributed by atoms with Crippen LogP contribution in [0.15, 0.2) is 29.8 Å². The number of esters is 3. The molecule has 0 radical (unpaired) electrons. The number of rotatable bonds is 7. The molecule has 7 heteroatoms. The van der Waals surface area contributed by atoms with Crippen molar-refractivity contribution < 1.29 is 28.6 Å². The molecule has 0 aliphatic rings. The SMILES string of the molecule is COC(=O)/C(=C/c1ccc(C(=O)OC)cc1)CNC(C)C(=O)OC. The van der Waals surface area contributed by atoms with Crippen LogP contribution in [0.2, 0.25) is 0 Å². The Morgan fingerprint density at radius 3 is 2.17 bits per heavy atom. The van der Waals surface area contributed by atoms with E-state index in [1.165, 1.54) is 21.3 Å². The van der Waals surface area contributed by atoms with E-state index in [1.807, 2.05) is 0 Å². The molecule has 0 saturated heterocycles. The predicted octanol–water partition coefficient (Wildman–Crippen LogP) is 1.18. The highest BCUT2D eigenvalue weighted by Gasteiger charge is 2.16. The molecule has 1 N–H and O–H groups in total. The Morgan fingerprint density at radius 2 is 1.67 bits per heavy atom. The van der Waals surface area contributed by atoms with Crippen LogP contribution in [0.25, 0.3) is 6.08 Å². The standard InChI is InChI=1S/C17H21NO6/c1-11(15(19)22-2)18-10-14(17(21)24-4)9-12-5-7-13(8-6-12)16(20)23-3/h5-9,11,18H,10H2,1-4H3/b14-9+. The minimum Gasteiger partial charge on any atom is -0.468 e. The van der Waals surface area contributed by atoms with Gasteiger partial charge in [0.2, 0.25) is 0 Å². The first-order chi connectivity index (χ1) is 11.4. The number of carbonyl (C=O) groups excluding carboxylic acids is 3. The van der Waals surface area contributed by atoms with Gasteiger partial charge in [-0.3, -0.25) is 4.79 Å². The van der Waals surface area contributed by atoms with Crippen LogP contribution in [0.1, 0.15) is 22.8 Å². The van der Waals surface area contributed by atoms with E-state index in [9.17, 15) is 14.4 Å². The highest BCUT2D eigenvalue weighted by atomic mass is 16.5. The topological polar surface area (TPSA) is 90.9 Å². The van der Waals surface area contributed by atoms with Gasteiger partial charge in [-0.05, 0) is 30.7 Å². The van der Waals surface area contributed by atoms with Gasteiger partial charge in [0.1, 0.15) is 6.04 Å². The predicted molar refractivity (Wildman–Crippen MR) is 87.3 cm³/mol. The molecule has 1 aromatic carbocycles. The van der Waals surface area contributed by atoms with Crippen LogP contribution in [0.5, 0.6) is 0 Å². The Kier molecular flexibility index (Phi) is 7.64. The Labute approximate surface area is 140 Å². The van der Waals surface area contributed by atoms with E-state index < -0.39 is 23.9 Å². The fraction of sp³-hybridized carbons (Fsp3) is 0.353. The molecule has 0 fully saturated rings. The van der Waals surface area contributed by atoms with Gasteiger partial charge in [0.25, 0.3) is 0 Å². The third-order valence-corrected chi connectivity index (χ3v) is 3.27. The molecule has 0 aromatic heterocycles. The van der Waals surface area contributed by atoms with Crippen molar-refractivity contribution in [2.75, 3.05) is 27.9 Å². The molecule has 0 saturated carbocycles. The van der Waals surface area contributed by atoms with Crippen LogP contribution in [0, 0.1) is 0 Å². The maximum atomic E-state index is 11.9. The molecule has 1 unspecified atom stereocenters. The van der Waals surface area contributed by atoms with Crippen molar-refractivity contribution in [1.29, 1.82) is 0 Å². The van der Waals surface area contributed by atoms with Crippen molar-refractivity contribution in [3.63, 3.8) is 0 Å². The van der Waals surface area contributed by atoms with Crippen molar-refractivity contribution >= 4 is 24.0 Å². The maximum absolute atomic E-state index is 11.9. The summed E-state index contributed by atoms with van der Waals surface area (Å²) in [6.45, 7) is 1.76. The van der Waals surface area contributed by atoms with Gasteiger partial charge in [0.05, 0.1) is 32.5 Å². The van der Waals surface area contributed by atoms with Gasteiger partial charge < -0.3 is 19.5 Å². The summed E-state index contributed by atoms with van der Waals surface area (Å²) < 4.78 is 14.0. The number of hydrogen-bond donors (Lipinski definition) is 1. The Balaban J connectivity index is 2.91. The number of methoxy groups -OCH3 is 3. The quantitative estimate of drug-likeness (QED) is 0.454. The summed E-state index contributed by atoms with van der Waals surface area (Å²) in [5.74, 6) is -1.38. The van der Waals surface area contributed by atoms with Crippen LogP contribution in [-0.4, -0.2) is 51.8 Å². The lowest BCUT2D eigenvalue weighted by Gasteiger charge is -2.12. The summed E-state index contributed by atoms with van der Waals surface area (Å²) in [6.07, 6.45) is 1.61. The number of hydrogen-bond acceptors (Lipinski definition) is 7. The average Bonchev–Trinajstić information content (AvgIpc) is 2.63. The van der Waals surface area contributed by atoms with E-state index in [0.29, 0.717) is 16.7 Å². The van der Waals surface area contributed by atoms with E-state index in [4.69, 9.17) is 4.74 Å². The molecule has 0 aliphatic heterocycles. The molecule has 0 aliphatic carbocycles. The fourth-order valence-corrected chi connectivity index (χ4v) is 1.87. The molecule has 7 nitrogen and oxygen atoms in total. The molecule has 1 rings (SSSR count). The number of nitrogens with one attached hydrogen (secondary N) is 1.